The van der Waals surface area contributed by atoms with Crippen molar-refractivity contribution < 1.29 is 24.1 Å². The smallest absolute Gasteiger partial charge is 0.254 e. The normalized spacial score (nSPS) is 10.5. The molecule has 1 heterocycles. The van der Waals surface area contributed by atoms with Crippen molar-refractivity contribution in [2.24, 2.45) is 0 Å². The van der Waals surface area contributed by atoms with E-state index >= 15 is 0 Å². The van der Waals surface area contributed by atoms with Crippen molar-refractivity contribution in [2.75, 3.05) is 34.5 Å². The molecule has 0 saturated carbocycles. The lowest BCUT2D eigenvalue weighted by atomic mass is 10.1. The molecule has 3 rings (SSSR count). The van der Waals surface area contributed by atoms with Gasteiger partial charge in [-0.15, -0.1) is 5.10 Å². The fraction of sp³-hybridized carbons (Fsp3) is 0.300. The standard InChI is InChI=1S/C20H23N5O5/c1-28-16-6-4-15(19(11-16)30-3)12-24(8-9-26)20(27)14-5-7-18(29-2)17(10-14)25-13-21-22-23-25/h4-7,10-11,13,26H,8-9,12H2,1-3H3. The number of hydrogen-bond donors (Lipinski definition) is 1. The Morgan fingerprint density at radius 3 is 2.50 bits per heavy atom. The Morgan fingerprint density at radius 2 is 1.87 bits per heavy atom. The molecule has 1 amide bonds. The molecule has 2 aromatic carbocycles. The molecule has 0 radical (unpaired) electrons. The van der Waals surface area contributed by atoms with Crippen molar-refractivity contribution >= 4 is 5.91 Å². The Kier molecular flexibility index (Phi) is 6.81. The van der Waals surface area contributed by atoms with Gasteiger partial charge in [-0.05, 0) is 40.8 Å². The van der Waals surface area contributed by atoms with Crippen LogP contribution in [0.5, 0.6) is 17.2 Å². The molecule has 0 saturated heterocycles. The van der Waals surface area contributed by atoms with Gasteiger partial charge in [0.1, 0.15) is 29.3 Å². The van der Waals surface area contributed by atoms with Gasteiger partial charge in [0.15, 0.2) is 0 Å². The molecule has 0 aliphatic heterocycles. The number of nitrogens with zero attached hydrogens (tertiary/aromatic N) is 5. The first-order chi connectivity index (χ1) is 14.6. The molecule has 0 unspecified atom stereocenters. The minimum Gasteiger partial charge on any atom is -0.497 e. The number of carbonyl (C=O) groups excluding carboxylic acids is 1. The van der Waals surface area contributed by atoms with Crippen molar-refractivity contribution in [3.05, 3.63) is 53.9 Å². The minimum absolute atomic E-state index is 0.153. The highest BCUT2D eigenvalue weighted by Crippen LogP contribution is 2.27. The van der Waals surface area contributed by atoms with Crippen LogP contribution in [0.3, 0.4) is 0 Å². The Morgan fingerprint density at radius 1 is 1.07 bits per heavy atom. The van der Waals surface area contributed by atoms with Crippen LogP contribution in [0, 0.1) is 0 Å². The summed E-state index contributed by atoms with van der Waals surface area (Å²) in [7, 11) is 4.65. The molecule has 1 aromatic heterocycles. The Bertz CT molecular complexity index is 993. The number of amides is 1. The molecule has 0 spiro atoms. The van der Waals surface area contributed by atoms with Crippen LogP contribution in [-0.2, 0) is 6.54 Å². The second-order valence-electron chi connectivity index (χ2n) is 6.27. The molecular formula is C20H23N5O5. The van der Waals surface area contributed by atoms with Gasteiger partial charge < -0.3 is 24.2 Å². The van der Waals surface area contributed by atoms with E-state index in [1.54, 1.807) is 44.6 Å². The van der Waals surface area contributed by atoms with E-state index in [0.29, 0.717) is 28.5 Å². The van der Waals surface area contributed by atoms with Crippen molar-refractivity contribution in [3.8, 4) is 22.9 Å². The minimum atomic E-state index is -0.265. The lowest BCUT2D eigenvalue weighted by Crippen LogP contribution is -2.33. The molecule has 10 nitrogen and oxygen atoms in total. The van der Waals surface area contributed by atoms with Crippen LogP contribution >= 0.6 is 0 Å². The van der Waals surface area contributed by atoms with Crippen LogP contribution in [0.2, 0.25) is 0 Å². The van der Waals surface area contributed by atoms with E-state index in [1.807, 2.05) is 6.07 Å². The summed E-state index contributed by atoms with van der Waals surface area (Å²) in [4.78, 5) is 14.8. The van der Waals surface area contributed by atoms with Gasteiger partial charge in [0.05, 0.1) is 27.9 Å². The first-order valence-corrected chi connectivity index (χ1v) is 9.13. The quantitative estimate of drug-likeness (QED) is 0.559. The number of ether oxygens (including phenoxy) is 3. The SMILES string of the molecule is COc1ccc(CN(CCO)C(=O)c2ccc(OC)c(-n3cnnn3)c2)c(OC)c1. The van der Waals surface area contributed by atoms with Crippen molar-refractivity contribution in [1.82, 2.24) is 25.1 Å². The number of carbonyl (C=O) groups is 1. The number of aliphatic hydroxyl groups excluding tert-OH is 1. The molecule has 0 atom stereocenters. The van der Waals surface area contributed by atoms with E-state index in [4.69, 9.17) is 14.2 Å². The van der Waals surface area contributed by atoms with Crippen LogP contribution in [0.1, 0.15) is 15.9 Å². The number of tetrazole rings is 1. The Hall–Kier alpha value is -3.66. The summed E-state index contributed by atoms with van der Waals surface area (Å²) in [5, 5.41) is 20.6. The summed E-state index contributed by atoms with van der Waals surface area (Å²) >= 11 is 0. The zero-order valence-electron chi connectivity index (χ0n) is 17.0. The Labute approximate surface area is 173 Å². The van der Waals surface area contributed by atoms with Crippen molar-refractivity contribution in [1.29, 1.82) is 0 Å². The second-order valence-corrected chi connectivity index (χ2v) is 6.27. The Balaban J connectivity index is 1.92. The maximum Gasteiger partial charge on any atom is 0.254 e. The first kappa shape index (κ1) is 21.1. The predicted molar refractivity (Wildman–Crippen MR) is 107 cm³/mol. The van der Waals surface area contributed by atoms with Crippen LogP contribution < -0.4 is 14.2 Å². The van der Waals surface area contributed by atoms with Gasteiger partial charge >= 0.3 is 0 Å². The lowest BCUT2D eigenvalue weighted by Gasteiger charge is -2.23. The topological polar surface area (TPSA) is 112 Å². The van der Waals surface area contributed by atoms with E-state index in [0.717, 1.165) is 5.56 Å². The van der Waals surface area contributed by atoms with E-state index in [1.165, 1.54) is 23.0 Å². The average Bonchev–Trinajstić information content (AvgIpc) is 3.32. The van der Waals surface area contributed by atoms with Crippen LogP contribution in [0.15, 0.2) is 42.7 Å². The highest BCUT2D eigenvalue weighted by atomic mass is 16.5. The van der Waals surface area contributed by atoms with Crippen LogP contribution in [-0.4, -0.2) is 70.6 Å². The van der Waals surface area contributed by atoms with Crippen LogP contribution in [0.4, 0.5) is 0 Å². The van der Waals surface area contributed by atoms with E-state index in [9.17, 15) is 9.90 Å². The zero-order valence-corrected chi connectivity index (χ0v) is 17.0. The van der Waals surface area contributed by atoms with Gasteiger partial charge in [-0.3, -0.25) is 4.79 Å². The number of methoxy groups -OCH3 is 3. The van der Waals surface area contributed by atoms with Crippen LogP contribution in [0.25, 0.3) is 5.69 Å². The van der Waals surface area contributed by atoms with Gasteiger partial charge in [0.25, 0.3) is 5.91 Å². The molecular weight excluding hydrogens is 390 g/mol. The maximum absolute atomic E-state index is 13.2. The molecule has 0 bridgehead atoms. The molecule has 0 fully saturated rings. The summed E-state index contributed by atoms with van der Waals surface area (Å²) in [6, 6.07) is 10.4. The summed E-state index contributed by atoms with van der Waals surface area (Å²) < 4.78 is 17.4. The molecule has 0 aliphatic carbocycles. The maximum atomic E-state index is 13.2. The van der Waals surface area contributed by atoms with Gasteiger partial charge in [-0.1, -0.05) is 0 Å². The van der Waals surface area contributed by atoms with E-state index in [-0.39, 0.29) is 25.6 Å². The van der Waals surface area contributed by atoms with Gasteiger partial charge in [-0.25, -0.2) is 0 Å². The van der Waals surface area contributed by atoms with Gasteiger partial charge in [0, 0.05) is 30.3 Å². The lowest BCUT2D eigenvalue weighted by molar-refractivity contribution is 0.0706. The summed E-state index contributed by atoms with van der Waals surface area (Å²) in [6.45, 7) is 0.222. The largest absolute Gasteiger partial charge is 0.497 e. The average molecular weight is 413 g/mol. The monoisotopic (exact) mass is 413 g/mol. The summed E-state index contributed by atoms with van der Waals surface area (Å²) in [5.41, 5.74) is 1.72. The molecule has 0 aliphatic rings. The molecule has 10 heteroatoms. The van der Waals surface area contributed by atoms with Crippen molar-refractivity contribution in [2.45, 2.75) is 6.54 Å². The summed E-state index contributed by atoms with van der Waals surface area (Å²) in [6.07, 6.45) is 1.42. The predicted octanol–water partition coefficient (Wildman–Crippen LogP) is 1.32. The third-order valence-corrected chi connectivity index (χ3v) is 4.53. The molecule has 1 N–H and O–H groups in total. The fourth-order valence-corrected chi connectivity index (χ4v) is 3.02. The molecule has 158 valence electrons. The highest BCUT2D eigenvalue weighted by molar-refractivity contribution is 5.95. The van der Waals surface area contributed by atoms with Crippen molar-refractivity contribution in [3.63, 3.8) is 0 Å². The number of aromatic nitrogens is 4. The van der Waals surface area contributed by atoms with E-state index in [2.05, 4.69) is 15.5 Å². The van der Waals surface area contributed by atoms with Gasteiger partial charge in [0.2, 0.25) is 0 Å². The zero-order chi connectivity index (χ0) is 21.5. The number of hydrogen-bond acceptors (Lipinski definition) is 8. The number of benzene rings is 2. The third-order valence-electron chi connectivity index (χ3n) is 4.53. The number of aliphatic hydroxyl groups is 1. The first-order valence-electron chi connectivity index (χ1n) is 9.13. The highest BCUT2D eigenvalue weighted by Gasteiger charge is 2.20. The second kappa shape index (κ2) is 9.70. The number of rotatable bonds is 9. The fourth-order valence-electron chi connectivity index (χ4n) is 3.02. The molecule has 30 heavy (non-hydrogen) atoms. The van der Waals surface area contributed by atoms with Gasteiger partial charge in [-0.2, -0.15) is 4.68 Å². The molecule has 3 aromatic rings. The summed E-state index contributed by atoms with van der Waals surface area (Å²) in [5.74, 6) is 1.49. The van der Waals surface area contributed by atoms with E-state index < -0.39 is 0 Å². The third kappa shape index (κ3) is 4.49.